The number of benzene rings is 1. The number of ether oxygens (including phenoxy) is 2. The Balaban J connectivity index is 1.67. The fourth-order valence-electron chi connectivity index (χ4n) is 4.44. The van der Waals surface area contributed by atoms with E-state index in [2.05, 4.69) is 10.9 Å². The Morgan fingerprint density at radius 3 is 2.80 bits per heavy atom. The average Bonchev–Trinajstić information content (AvgIpc) is 3.21. The first-order valence-corrected chi connectivity index (χ1v) is 12.4. The van der Waals surface area contributed by atoms with Gasteiger partial charge in [-0.05, 0) is 74.3 Å². The number of terminal acetylenes is 1. The van der Waals surface area contributed by atoms with Gasteiger partial charge >= 0.3 is 6.09 Å². The van der Waals surface area contributed by atoms with E-state index < -0.39 is 0 Å². The van der Waals surface area contributed by atoms with Gasteiger partial charge in [-0.25, -0.2) is 4.79 Å². The van der Waals surface area contributed by atoms with E-state index in [0.29, 0.717) is 49.6 Å². The number of nitrogens with zero attached hydrogens (tertiary/aromatic N) is 1. The standard InChI is InChI=1S/C28H28Cl2N2O3/c1-4-5-16-34-19(3)7-6-18(2)27-26-23(24-17-21(30)10-13-25(24)31-26)14-15-32(27)28(33)35-22-11-8-20(29)9-12-22/h1,6-8,10-11,13,17,27,31H,5,9,12,14-16H2,2-3H3/b18-6+,19-7+/t27-/m0/s1. The van der Waals surface area contributed by atoms with E-state index in [9.17, 15) is 4.79 Å². The highest BCUT2D eigenvalue weighted by molar-refractivity contribution is 6.31. The van der Waals surface area contributed by atoms with Gasteiger partial charge in [-0.1, -0.05) is 29.3 Å². The van der Waals surface area contributed by atoms with Crippen molar-refractivity contribution in [2.45, 2.75) is 45.6 Å². The fourth-order valence-corrected chi connectivity index (χ4v) is 4.77. The van der Waals surface area contributed by atoms with Crippen molar-refractivity contribution in [3.8, 4) is 12.3 Å². The maximum Gasteiger partial charge on any atom is 0.415 e. The smallest absolute Gasteiger partial charge is 0.415 e. The minimum atomic E-state index is -0.381. The van der Waals surface area contributed by atoms with E-state index in [4.69, 9.17) is 39.1 Å². The lowest BCUT2D eigenvalue weighted by molar-refractivity contribution is 0.109. The number of carbonyl (C=O) groups excluding carboxylic acids is 1. The molecule has 1 N–H and O–H groups in total. The Hall–Kier alpha value is -3.07. The third-order valence-electron chi connectivity index (χ3n) is 6.19. The van der Waals surface area contributed by atoms with Gasteiger partial charge in [0.05, 0.1) is 18.4 Å². The lowest BCUT2D eigenvalue weighted by Crippen LogP contribution is -2.41. The number of hydrogen-bond donors (Lipinski definition) is 1. The number of hydrogen-bond acceptors (Lipinski definition) is 3. The molecule has 0 bridgehead atoms. The van der Waals surface area contributed by atoms with Crippen LogP contribution >= 0.6 is 23.2 Å². The fraction of sp³-hybridized carbons (Fsp3) is 0.321. The van der Waals surface area contributed by atoms with Crippen molar-refractivity contribution < 1.29 is 14.3 Å². The molecule has 1 atom stereocenters. The molecule has 7 heteroatoms. The molecule has 1 amide bonds. The van der Waals surface area contributed by atoms with Gasteiger partial charge < -0.3 is 14.5 Å². The topological polar surface area (TPSA) is 54.6 Å². The zero-order valence-corrected chi connectivity index (χ0v) is 21.4. The molecule has 4 rings (SSSR count). The Morgan fingerprint density at radius 2 is 2.06 bits per heavy atom. The van der Waals surface area contributed by atoms with Gasteiger partial charge in [-0.3, -0.25) is 4.90 Å². The summed E-state index contributed by atoms with van der Waals surface area (Å²) in [6, 6.07) is 5.49. The first kappa shape index (κ1) is 25.0. The van der Waals surface area contributed by atoms with Gasteiger partial charge in [-0.2, -0.15) is 0 Å². The van der Waals surface area contributed by atoms with E-state index in [1.54, 1.807) is 17.1 Å². The first-order chi connectivity index (χ1) is 16.9. The normalized spacial score (nSPS) is 18.5. The van der Waals surface area contributed by atoms with Crippen LogP contribution in [0.1, 0.15) is 50.4 Å². The van der Waals surface area contributed by atoms with Gasteiger partial charge in [0.2, 0.25) is 0 Å². The number of halogens is 2. The van der Waals surface area contributed by atoms with E-state index in [0.717, 1.165) is 33.0 Å². The van der Waals surface area contributed by atoms with Gasteiger partial charge in [0.25, 0.3) is 0 Å². The van der Waals surface area contributed by atoms with Gasteiger partial charge in [0, 0.05) is 46.0 Å². The van der Waals surface area contributed by atoms with E-state index in [1.165, 1.54) is 5.56 Å². The number of aromatic amines is 1. The average molecular weight is 511 g/mol. The second-order valence-corrected chi connectivity index (χ2v) is 9.58. The quantitative estimate of drug-likeness (QED) is 0.189. The first-order valence-electron chi connectivity index (χ1n) is 11.6. The lowest BCUT2D eigenvalue weighted by Gasteiger charge is -2.36. The summed E-state index contributed by atoms with van der Waals surface area (Å²) in [7, 11) is 0. The molecule has 5 nitrogen and oxygen atoms in total. The summed E-state index contributed by atoms with van der Waals surface area (Å²) in [4.78, 5) is 18.6. The molecule has 0 saturated heterocycles. The molecule has 2 aliphatic rings. The Morgan fingerprint density at radius 1 is 1.23 bits per heavy atom. The van der Waals surface area contributed by atoms with E-state index >= 15 is 0 Å². The zero-order valence-electron chi connectivity index (χ0n) is 19.9. The van der Waals surface area contributed by atoms with Crippen molar-refractivity contribution in [3.63, 3.8) is 0 Å². The van der Waals surface area contributed by atoms with Crippen LogP contribution in [-0.2, 0) is 15.9 Å². The maximum atomic E-state index is 13.3. The number of amides is 1. The van der Waals surface area contributed by atoms with Crippen LogP contribution < -0.4 is 0 Å². The van der Waals surface area contributed by atoms with Crippen molar-refractivity contribution in [2.24, 2.45) is 0 Å². The summed E-state index contributed by atoms with van der Waals surface area (Å²) in [5.74, 6) is 3.94. The van der Waals surface area contributed by atoms with Crippen LogP contribution in [0.2, 0.25) is 5.02 Å². The molecule has 1 aromatic heterocycles. The van der Waals surface area contributed by atoms with Crippen LogP contribution in [0.25, 0.3) is 10.9 Å². The Labute approximate surface area is 216 Å². The van der Waals surface area contributed by atoms with Crippen LogP contribution in [0.3, 0.4) is 0 Å². The molecule has 2 aromatic rings. The molecular weight excluding hydrogens is 483 g/mol. The number of H-pyrrole nitrogens is 1. The Bertz CT molecular complexity index is 1290. The number of carbonyl (C=O) groups is 1. The van der Waals surface area contributed by atoms with Crippen LogP contribution in [0.5, 0.6) is 0 Å². The molecule has 1 aliphatic carbocycles. The summed E-state index contributed by atoms with van der Waals surface area (Å²) in [6.45, 7) is 4.88. The zero-order chi connectivity index (χ0) is 24.9. The van der Waals surface area contributed by atoms with Gasteiger partial charge in [0.15, 0.2) is 0 Å². The SMILES string of the molecule is C#CCCO/C(C)=C/C=C(\C)[C@H]1c2[nH]c3ccc(Cl)cc3c2CCN1C(=O)OC1=CC=C(Cl)CC1. The molecule has 182 valence electrons. The molecule has 0 radical (unpaired) electrons. The highest BCUT2D eigenvalue weighted by atomic mass is 35.5. The predicted molar refractivity (Wildman–Crippen MR) is 141 cm³/mol. The van der Waals surface area contributed by atoms with Crippen LogP contribution in [0.15, 0.2) is 64.6 Å². The van der Waals surface area contributed by atoms with Crippen LogP contribution in [-0.4, -0.2) is 29.1 Å². The number of fused-ring (bicyclic) bond motifs is 3. The summed E-state index contributed by atoms with van der Waals surface area (Å²) in [6.07, 6.45) is 14.9. The predicted octanol–water partition coefficient (Wildman–Crippen LogP) is 7.55. The van der Waals surface area contributed by atoms with Crippen molar-refractivity contribution in [2.75, 3.05) is 13.2 Å². The molecule has 1 aromatic carbocycles. The molecule has 0 spiro atoms. The molecule has 0 fully saturated rings. The molecule has 35 heavy (non-hydrogen) atoms. The second kappa shape index (κ2) is 11.1. The maximum absolute atomic E-state index is 13.3. The number of aromatic nitrogens is 1. The monoisotopic (exact) mass is 510 g/mol. The summed E-state index contributed by atoms with van der Waals surface area (Å²) >= 11 is 12.3. The van der Waals surface area contributed by atoms with Crippen molar-refractivity contribution in [1.29, 1.82) is 0 Å². The minimum Gasteiger partial charge on any atom is -0.497 e. The largest absolute Gasteiger partial charge is 0.497 e. The molecule has 2 heterocycles. The molecule has 0 saturated carbocycles. The number of nitrogens with one attached hydrogen (secondary N) is 1. The second-order valence-electron chi connectivity index (χ2n) is 8.66. The molecular formula is C28H28Cl2N2O3. The molecule has 1 aliphatic heterocycles. The third-order valence-corrected chi connectivity index (χ3v) is 6.74. The number of allylic oxidation sites excluding steroid dienone is 7. The van der Waals surface area contributed by atoms with E-state index in [-0.39, 0.29) is 12.1 Å². The van der Waals surface area contributed by atoms with Crippen LogP contribution in [0, 0.1) is 12.3 Å². The van der Waals surface area contributed by atoms with Crippen molar-refractivity contribution >= 4 is 40.2 Å². The summed E-state index contributed by atoms with van der Waals surface area (Å²) in [5, 5.41) is 2.52. The van der Waals surface area contributed by atoms with Gasteiger partial charge in [0.1, 0.15) is 5.76 Å². The van der Waals surface area contributed by atoms with Crippen molar-refractivity contribution in [1.82, 2.24) is 9.88 Å². The number of rotatable bonds is 6. The van der Waals surface area contributed by atoms with Gasteiger partial charge in [-0.15, -0.1) is 12.3 Å². The highest BCUT2D eigenvalue weighted by Gasteiger charge is 2.35. The summed E-state index contributed by atoms with van der Waals surface area (Å²) < 4.78 is 11.4. The van der Waals surface area contributed by atoms with E-state index in [1.807, 2.05) is 44.2 Å². The minimum absolute atomic E-state index is 0.324. The molecule has 0 unspecified atom stereocenters. The summed E-state index contributed by atoms with van der Waals surface area (Å²) in [5.41, 5.74) is 4.11. The van der Waals surface area contributed by atoms with Crippen molar-refractivity contribution in [3.05, 3.63) is 80.9 Å². The lowest BCUT2D eigenvalue weighted by atomic mass is 9.93. The van der Waals surface area contributed by atoms with Crippen LogP contribution in [0.4, 0.5) is 4.79 Å². The third kappa shape index (κ3) is 5.78. The Kier molecular flexibility index (Phi) is 7.95. The highest BCUT2D eigenvalue weighted by Crippen LogP contribution is 2.40.